The molecule has 3 aromatic rings. The molecule has 0 spiro atoms. The zero-order valence-corrected chi connectivity index (χ0v) is 11.9. The van der Waals surface area contributed by atoms with Gasteiger partial charge in [-0.05, 0) is 18.2 Å². The maximum Gasteiger partial charge on any atom is 0.146 e. The van der Waals surface area contributed by atoms with Gasteiger partial charge in [0, 0.05) is 18.9 Å². The highest BCUT2D eigenvalue weighted by molar-refractivity contribution is 6.16. The van der Waals surface area contributed by atoms with Crippen molar-refractivity contribution in [3.63, 3.8) is 0 Å². The van der Waals surface area contributed by atoms with E-state index in [0.29, 0.717) is 5.88 Å². The number of imidazole rings is 1. The zero-order chi connectivity index (χ0) is 13.9. The fourth-order valence-corrected chi connectivity index (χ4v) is 2.52. The summed E-state index contributed by atoms with van der Waals surface area (Å²) in [5.41, 5.74) is 1.89. The number of benzene rings is 1. The topological polar surface area (TPSA) is 44.9 Å². The van der Waals surface area contributed by atoms with E-state index in [4.69, 9.17) is 16.3 Å². The van der Waals surface area contributed by atoms with E-state index in [9.17, 15) is 0 Å². The van der Waals surface area contributed by atoms with Crippen molar-refractivity contribution in [1.82, 2.24) is 19.3 Å². The zero-order valence-electron chi connectivity index (χ0n) is 11.2. The number of aryl methyl sites for hydroxylation is 2. The number of rotatable bonds is 5. The number of methoxy groups -OCH3 is 1. The fraction of sp³-hybridized carbons (Fsp3) is 0.286. The van der Waals surface area contributed by atoms with Gasteiger partial charge in [-0.1, -0.05) is 6.07 Å². The van der Waals surface area contributed by atoms with Gasteiger partial charge in [0.2, 0.25) is 0 Å². The summed E-state index contributed by atoms with van der Waals surface area (Å²) >= 11 is 6.01. The smallest absolute Gasteiger partial charge is 0.146 e. The van der Waals surface area contributed by atoms with Crippen molar-refractivity contribution in [2.75, 3.05) is 7.11 Å². The molecule has 2 aromatic heterocycles. The van der Waals surface area contributed by atoms with Gasteiger partial charge in [0.05, 0.1) is 25.1 Å². The highest BCUT2D eigenvalue weighted by atomic mass is 35.5. The molecule has 0 atom stereocenters. The predicted octanol–water partition coefficient (Wildman–Crippen LogP) is 2.68. The van der Waals surface area contributed by atoms with Gasteiger partial charge < -0.3 is 9.30 Å². The van der Waals surface area contributed by atoms with E-state index < -0.39 is 0 Å². The molecule has 0 bridgehead atoms. The largest absolute Gasteiger partial charge is 0.494 e. The van der Waals surface area contributed by atoms with E-state index in [-0.39, 0.29) is 0 Å². The summed E-state index contributed by atoms with van der Waals surface area (Å²) < 4.78 is 9.36. The molecular weight excluding hydrogens is 276 g/mol. The fourth-order valence-electron chi connectivity index (χ4n) is 2.32. The number of para-hydroxylation sites is 1. The minimum atomic E-state index is 0.372. The summed E-state index contributed by atoms with van der Waals surface area (Å²) in [5.74, 6) is 1.99. The number of nitrogens with zero attached hydrogens (tertiary/aromatic N) is 4. The predicted molar refractivity (Wildman–Crippen MR) is 78.1 cm³/mol. The van der Waals surface area contributed by atoms with Gasteiger partial charge in [0.1, 0.15) is 17.1 Å². The molecule has 0 amide bonds. The van der Waals surface area contributed by atoms with Crippen LogP contribution in [0, 0.1) is 0 Å². The molecular formula is C14H15ClN4O. The molecule has 0 saturated heterocycles. The number of hydrogen-bond donors (Lipinski definition) is 0. The summed E-state index contributed by atoms with van der Waals surface area (Å²) in [5, 5.41) is 4.21. The Balaban J connectivity index is 1.99. The van der Waals surface area contributed by atoms with Crippen LogP contribution in [0.25, 0.3) is 11.0 Å². The monoisotopic (exact) mass is 290 g/mol. The summed E-state index contributed by atoms with van der Waals surface area (Å²) in [6, 6.07) is 7.82. The lowest BCUT2D eigenvalue weighted by Gasteiger charge is -2.08. The lowest BCUT2D eigenvalue weighted by atomic mass is 10.3. The Morgan fingerprint density at radius 1 is 1.25 bits per heavy atom. The molecule has 6 heteroatoms. The van der Waals surface area contributed by atoms with Crippen molar-refractivity contribution in [2.24, 2.45) is 0 Å². The van der Waals surface area contributed by atoms with Crippen molar-refractivity contribution in [2.45, 2.75) is 19.0 Å². The van der Waals surface area contributed by atoms with E-state index in [0.717, 1.165) is 35.7 Å². The Morgan fingerprint density at radius 2 is 2.15 bits per heavy atom. The van der Waals surface area contributed by atoms with E-state index in [2.05, 4.69) is 14.6 Å². The number of halogens is 1. The van der Waals surface area contributed by atoms with Crippen LogP contribution in [0.15, 0.2) is 36.7 Å². The maximum absolute atomic E-state index is 6.01. The molecule has 0 radical (unpaired) electrons. The van der Waals surface area contributed by atoms with Gasteiger partial charge in [-0.15, -0.1) is 11.6 Å². The SMILES string of the molecule is COc1cccc2c1nc(CCl)n2CCn1cccn1. The molecule has 0 saturated carbocycles. The molecule has 0 N–H and O–H groups in total. The van der Waals surface area contributed by atoms with E-state index in [1.165, 1.54) is 0 Å². The first-order valence-corrected chi connectivity index (χ1v) is 6.92. The molecule has 0 aliphatic carbocycles. The summed E-state index contributed by atoms with van der Waals surface area (Å²) in [6.45, 7) is 1.55. The number of fused-ring (bicyclic) bond motifs is 1. The van der Waals surface area contributed by atoms with Crippen LogP contribution in [0.5, 0.6) is 5.75 Å². The van der Waals surface area contributed by atoms with Crippen LogP contribution in [-0.2, 0) is 19.0 Å². The molecule has 0 fully saturated rings. The van der Waals surface area contributed by atoms with Crippen LogP contribution in [-0.4, -0.2) is 26.4 Å². The third kappa shape index (κ3) is 2.25. The van der Waals surface area contributed by atoms with Crippen LogP contribution in [0.4, 0.5) is 0 Å². The first-order chi connectivity index (χ1) is 9.83. The van der Waals surface area contributed by atoms with Crippen LogP contribution >= 0.6 is 11.6 Å². The number of hydrogen-bond acceptors (Lipinski definition) is 3. The molecule has 0 unspecified atom stereocenters. The molecule has 104 valence electrons. The van der Waals surface area contributed by atoms with Crippen LogP contribution in [0.3, 0.4) is 0 Å². The second kappa shape index (κ2) is 5.54. The van der Waals surface area contributed by atoms with Crippen LogP contribution in [0.2, 0.25) is 0 Å². The molecule has 0 aliphatic heterocycles. The highest BCUT2D eigenvalue weighted by Gasteiger charge is 2.13. The van der Waals surface area contributed by atoms with Gasteiger partial charge in [-0.2, -0.15) is 5.10 Å². The molecule has 3 rings (SSSR count). The lowest BCUT2D eigenvalue weighted by molar-refractivity contribution is 0.419. The highest BCUT2D eigenvalue weighted by Crippen LogP contribution is 2.26. The standard InChI is InChI=1S/C14H15ClN4O/c1-20-12-5-2-4-11-14(12)17-13(10-15)19(11)9-8-18-7-3-6-16-18/h2-7H,8-10H2,1H3. The van der Waals surface area contributed by atoms with Gasteiger partial charge in [-0.3, -0.25) is 4.68 Å². The molecule has 0 aliphatic rings. The van der Waals surface area contributed by atoms with E-state index in [1.54, 1.807) is 13.3 Å². The normalized spacial score (nSPS) is 11.1. The molecule has 5 nitrogen and oxygen atoms in total. The van der Waals surface area contributed by atoms with Gasteiger partial charge >= 0.3 is 0 Å². The summed E-state index contributed by atoms with van der Waals surface area (Å²) in [4.78, 5) is 4.58. The van der Waals surface area contributed by atoms with Crippen molar-refractivity contribution in [3.8, 4) is 5.75 Å². The third-order valence-corrected chi connectivity index (χ3v) is 3.51. The maximum atomic E-state index is 6.01. The van der Waals surface area contributed by atoms with E-state index in [1.807, 2.05) is 35.1 Å². The molecule has 1 aromatic carbocycles. The Labute approximate surface area is 121 Å². The number of aromatic nitrogens is 4. The lowest BCUT2D eigenvalue weighted by Crippen LogP contribution is -2.09. The summed E-state index contributed by atoms with van der Waals surface area (Å²) in [7, 11) is 1.65. The Hall–Kier alpha value is -2.01. The van der Waals surface area contributed by atoms with Gasteiger partial charge in [0.25, 0.3) is 0 Å². The van der Waals surface area contributed by atoms with Crippen LogP contribution in [0.1, 0.15) is 5.82 Å². The first-order valence-electron chi connectivity index (χ1n) is 6.39. The Morgan fingerprint density at radius 3 is 2.85 bits per heavy atom. The van der Waals surface area contributed by atoms with Crippen molar-refractivity contribution in [3.05, 3.63) is 42.5 Å². The van der Waals surface area contributed by atoms with Crippen molar-refractivity contribution < 1.29 is 4.74 Å². The van der Waals surface area contributed by atoms with Crippen molar-refractivity contribution in [1.29, 1.82) is 0 Å². The quantitative estimate of drug-likeness (QED) is 0.679. The van der Waals surface area contributed by atoms with Gasteiger partial charge in [0.15, 0.2) is 0 Å². The Kier molecular flexibility index (Phi) is 3.60. The van der Waals surface area contributed by atoms with Gasteiger partial charge in [-0.25, -0.2) is 4.98 Å². The van der Waals surface area contributed by atoms with E-state index >= 15 is 0 Å². The Bertz CT molecular complexity index is 705. The molecule has 20 heavy (non-hydrogen) atoms. The molecule has 2 heterocycles. The first kappa shape index (κ1) is 13.0. The minimum Gasteiger partial charge on any atom is -0.494 e. The minimum absolute atomic E-state index is 0.372. The number of ether oxygens (including phenoxy) is 1. The summed E-state index contributed by atoms with van der Waals surface area (Å²) in [6.07, 6.45) is 3.72. The third-order valence-electron chi connectivity index (χ3n) is 3.27. The second-order valence-electron chi connectivity index (χ2n) is 4.41. The average molecular weight is 291 g/mol. The van der Waals surface area contributed by atoms with Crippen molar-refractivity contribution >= 4 is 22.6 Å². The second-order valence-corrected chi connectivity index (χ2v) is 4.68. The number of alkyl halides is 1. The van der Waals surface area contributed by atoms with Crippen LogP contribution < -0.4 is 4.74 Å². The average Bonchev–Trinajstić information content (AvgIpc) is 3.11.